The van der Waals surface area contributed by atoms with Crippen LogP contribution in [0.25, 0.3) is 11.2 Å². The molecular formula is C17H24N5O8P. The van der Waals surface area contributed by atoms with E-state index in [1.165, 1.54) is 6.33 Å². The highest BCUT2D eigenvalue weighted by molar-refractivity contribution is 7.53. The first kappa shape index (κ1) is 22.1. The van der Waals surface area contributed by atoms with E-state index in [0.717, 1.165) is 0 Å². The third kappa shape index (κ3) is 4.71. The predicted octanol–water partition coefficient (Wildman–Crippen LogP) is 0.0700. The van der Waals surface area contributed by atoms with Gasteiger partial charge in [0.15, 0.2) is 17.0 Å². The highest BCUT2D eigenvalue weighted by Gasteiger charge is 2.38. The van der Waals surface area contributed by atoms with Crippen LogP contribution in [0.5, 0.6) is 0 Å². The van der Waals surface area contributed by atoms with Crippen molar-refractivity contribution < 1.29 is 38.8 Å². The number of hydrogen-bond acceptors (Lipinski definition) is 9. The average Bonchev–Trinajstić information content (AvgIpc) is 3.34. The largest absolute Gasteiger partial charge is 0.479 e. The molecule has 4 rings (SSSR count). The van der Waals surface area contributed by atoms with Crippen LogP contribution in [0.1, 0.15) is 31.9 Å². The first-order valence-corrected chi connectivity index (χ1v) is 11.6. The van der Waals surface area contributed by atoms with Gasteiger partial charge in [0, 0.05) is 13.1 Å². The van der Waals surface area contributed by atoms with Crippen LogP contribution < -0.4 is 4.90 Å². The minimum atomic E-state index is -4.94. The summed E-state index contributed by atoms with van der Waals surface area (Å²) in [4.78, 5) is 44.5. The van der Waals surface area contributed by atoms with Gasteiger partial charge < -0.3 is 34.4 Å². The molecule has 3 atom stereocenters. The molecule has 2 saturated heterocycles. The second-order valence-electron chi connectivity index (χ2n) is 7.64. The van der Waals surface area contributed by atoms with Gasteiger partial charge in [0.1, 0.15) is 12.6 Å². The number of rotatable bonds is 7. The summed E-state index contributed by atoms with van der Waals surface area (Å²) in [5, 5.41) is 18.7. The molecule has 0 spiro atoms. The number of anilines is 1. The lowest BCUT2D eigenvalue weighted by Crippen LogP contribution is -2.36. The van der Waals surface area contributed by atoms with Crippen LogP contribution in [0.15, 0.2) is 12.7 Å². The van der Waals surface area contributed by atoms with Gasteiger partial charge in [-0.2, -0.15) is 0 Å². The fraction of sp³-hybridized carbons (Fsp3) is 0.647. The molecule has 0 radical (unpaired) electrons. The smallest absolute Gasteiger partial charge is 0.365 e. The molecule has 2 fully saturated rings. The Balaban J connectivity index is 1.45. The highest BCUT2D eigenvalue weighted by atomic mass is 31.2. The minimum Gasteiger partial charge on any atom is -0.479 e. The Morgan fingerprint density at radius 2 is 1.97 bits per heavy atom. The number of imidazole rings is 1. The second kappa shape index (κ2) is 8.77. The number of carboxylic acids is 1. The number of aromatic nitrogens is 4. The summed E-state index contributed by atoms with van der Waals surface area (Å²) in [6.45, 7) is 1.08. The van der Waals surface area contributed by atoms with Crippen molar-refractivity contribution in [3.63, 3.8) is 0 Å². The van der Waals surface area contributed by atoms with E-state index < -0.39 is 31.7 Å². The Morgan fingerprint density at radius 1 is 1.23 bits per heavy atom. The summed E-state index contributed by atoms with van der Waals surface area (Å²) >= 11 is 0. The number of aliphatic hydroxyl groups is 1. The van der Waals surface area contributed by atoms with E-state index in [2.05, 4.69) is 19.9 Å². The van der Waals surface area contributed by atoms with E-state index in [-0.39, 0.29) is 12.7 Å². The summed E-state index contributed by atoms with van der Waals surface area (Å²) in [6, 6.07) is 0. The first-order valence-electron chi connectivity index (χ1n) is 9.89. The molecule has 0 bridgehead atoms. The normalized spacial score (nSPS) is 24.0. The Hall–Kier alpha value is -2.15. The lowest BCUT2D eigenvalue weighted by molar-refractivity contribution is -0.148. The number of fused-ring (bicyclic) bond motifs is 1. The Kier molecular flexibility index (Phi) is 6.24. The minimum absolute atomic E-state index is 0.262. The van der Waals surface area contributed by atoms with Crippen LogP contribution in [-0.4, -0.2) is 83.2 Å². The fourth-order valence-electron chi connectivity index (χ4n) is 3.88. The molecule has 0 aliphatic carbocycles. The SMILES string of the molecule is O=C(O)C(OCC1CCC(n2cnc3c(N4CCC(O)CC4)ncnc32)O1)P(=O)(O)O. The summed E-state index contributed by atoms with van der Waals surface area (Å²) < 4.78 is 23.9. The van der Waals surface area contributed by atoms with Crippen molar-refractivity contribution >= 4 is 30.5 Å². The van der Waals surface area contributed by atoms with Crippen molar-refractivity contribution in [3.05, 3.63) is 12.7 Å². The third-order valence-corrected chi connectivity index (χ3v) is 6.44. The van der Waals surface area contributed by atoms with Crippen molar-refractivity contribution in [1.29, 1.82) is 0 Å². The second-order valence-corrected chi connectivity index (χ2v) is 9.29. The van der Waals surface area contributed by atoms with Crippen molar-refractivity contribution in [2.24, 2.45) is 0 Å². The van der Waals surface area contributed by atoms with E-state index in [1.54, 1.807) is 10.9 Å². The number of nitrogens with zero attached hydrogens (tertiary/aromatic N) is 5. The number of aliphatic carboxylic acids is 1. The maximum absolute atomic E-state index is 11.3. The maximum atomic E-state index is 11.3. The molecule has 2 aromatic rings. The number of piperidine rings is 1. The zero-order valence-electron chi connectivity index (χ0n) is 16.5. The molecule has 170 valence electrons. The first-order chi connectivity index (χ1) is 14.7. The van der Waals surface area contributed by atoms with Crippen molar-refractivity contribution in [3.8, 4) is 0 Å². The van der Waals surface area contributed by atoms with Gasteiger partial charge in [0.05, 0.1) is 25.1 Å². The van der Waals surface area contributed by atoms with Gasteiger partial charge >= 0.3 is 13.6 Å². The van der Waals surface area contributed by atoms with Crippen LogP contribution >= 0.6 is 7.60 Å². The summed E-state index contributed by atoms with van der Waals surface area (Å²) in [5.41, 5.74) is 1.20. The molecule has 31 heavy (non-hydrogen) atoms. The Labute approximate surface area is 176 Å². The molecule has 3 unspecified atom stereocenters. The van der Waals surface area contributed by atoms with Gasteiger partial charge in [-0.25, -0.2) is 19.7 Å². The standard InChI is InChI=1S/C17H24N5O8P/c23-10-3-5-21(6-4-10)14-13-15(19-8-18-14)22(9-20-13)12-2-1-11(30-12)7-29-17(16(24)25)31(26,27)28/h8-12,17,23H,1-7H2,(H,24,25)(H2,26,27,28). The van der Waals surface area contributed by atoms with Gasteiger partial charge in [-0.15, -0.1) is 0 Å². The zero-order chi connectivity index (χ0) is 22.2. The number of ether oxygens (including phenoxy) is 2. The van der Waals surface area contributed by atoms with E-state index in [1.807, 2.05) is 0 Å². The zero-order valence-corrected chi connectivity index (χ0v) is 17.4. The average molecular weight is 457 g/mol. The topological polar surface area (TPSA) is 180 Å². The lowest BCUT2D eigenvalue weighted by atomic mass is 10.1. The molecule has 4 N–H and O–H groups in total. The molecule has 0 aromatic carbocycles. The third-order valence-electron chi connectivity index (χ3n) is 5.46. The molecule has 0 saturated carbocycles. The van der Waals surface area contributed by atoms with E-state index >= 15 is 0 Å². The van der Waals surface area contributed by atoms with Crippen molar-refractivity contribution in [2.75, 3.05) is 24.6 Å². The quantitative estimate of drug-likeness (QED) is 0.412. The van der Waals surface area contributed by atoms with Gasteiger partial charge in [-0.05, 0) is 25.7 Å². The number of hydrogen-bond donors (Lipinski definition) is 4. The number of aliphatic hydroxyl groups excluding tert-OH is 1. The summed E-state index contributed by atoms with van der Waals surface area (Å²) in [6.07, 6.45) is 4.20. The van der Waals surface area contributed by atoms with Gasteiger partial charge in [0.25, 0.3) is 5.85 Å². The Bertz CT molecular complexity index is 988. The van der Waals surface area contributed by atoms with Crippen molar-refractivity contribution in [2.45, 2.75) is 50.0 Å². The van der Waals surface area contributed by atoms with Crippen LogP contribution in [-0.2, 0) is 18.8 Å². The Morgan fingerprint density at radius 3 is 2.65 bits per heavy atom. The molecular weight excluding hydrogens is 433 g/mol. The van der Waals surface area contributed by atoms with E-state index in [4.69, 9.17) is 24.4 Å². The molecule has 2 aliphatic heterocycles. The van der Waals surface area contributed by atoms with Gasteiger partial charge in [-0.3, -0.25) is 9.13 Å². The monoisotopic (exact) mass is 457 g/mol. The van der Waals surface area contributed by atoms with Crippen LogP contribution in [0, 0.1) is 0 Å². The predicted molar refractivity (Wildman–Crippen MR) is 105 cm³/mol. The molecule has 2 aromatic heterocycles. The number of carbonyl (C=O) groups is 1. The van der Waals surface area contributed by atoms with E-state index in [9.17, 15) is 14.5 Å². The summed E-state index contributed by atoms with van der Waals surface area (Å²) in [7, 11) is -4.94. The van der Waals surface area contributed by atoms with Crippen LogP contribution in [0.3, 0.4) is 0 Å². The molecule has 14 heteroatoms. The molecule has 13 nitrogen and oxygen atoms in total. The lowest BCUT2D eigenvalue weighted by Gasteiger charge is -2.30. The van der Waals surface area contributed by atoms with Crippen molar-refractivity contribution in [1.82, 2.24) is 19.5 Å². The fourth-order valence-corrected chi connectivity index (χ4v) is 4.45. The molecule has 4 heterocycles. The molecule has 2 aliphatic rings. The summed E-state index contributed by atoms with van der Waals surface area (Å²) in [5.74, 6) is -3.25. The highest BCUT2D eigenvalue weighted by Crippen LogP contribution is 2.42. The van der Waals surface area contributed by atoms with E-state index in [0.29, 0.717) is 55.8 Å². The van der Waals surface area contributed by atoms with Crippen LogP contribution in [0.4, 0.5) is 5.82 Å². The van der Waals surface area contributed by atoms with Gasteiger partial charge in [-0.1, -0.05) is 0 Å². The molecule has 0 amide bonds. The van der Waals surface area contributed by atoms with Crippen LogP contribution in [0.2, 0.25) is 0 Å². The van der Waals surface area contributed by atoms with Gasteiger partial charge in [0.2, 0.25) is 0 Å². The number of carboxylic acid groups (broad SMARTS) is 1. The maximum Gasteiger partial charge on any atom is 0.365 e.